The van der Waals surface area contributed by atoms with Gasteiger partial charge in [-0.3, -0.25) is 19.7 Å². The minimum atomic E-state index is -0.751. The largest absolute Gasteiger partial charge is 0.350 e. The standard InChI is InChI=1S/C22H26BrN3O4/c1-15(21(28)24-22(2,3)4)25(14-16-8-7-10-18(23)12-16)20(27)13-17-9-5-6-11-19(17)26(29)30/h5-12,15H,13-14H2,1-4H3,(H,24,28)/t15-/m0/s1. The molecule has 8 heteroatoms. The van der Waals surface area contributed by atoms with Gasteiger partial charge >= 0.3 is 0 Å². The van der Waals surface area contributed by atoms with Crippen LogP contribution < -0.4 is 5.32 Å². The van der Waals surface area contributed by atoms with Gasteiger partial charge in [0.2, 0.25) is 11.8 Å². The number of para-hydroxylation sites is 1. The summed E-state index contributed by atoms with van der Waals surface area (Å²) in [5, 5.41) is 14.2. The topological polar surface area (TPSA) is 92.6 Å². The zero-order valence-corrected chi connectivity index (χ0v) is 19.1. The van der Waals surface area contributed by atoms with Gasteiger partial charge in [0.05, 0.1) is 11.3 Å². The first-order chi connectivity index (χ1) is 14.0. The third-order valence-electron chi connectivity index (χ3n) is 4.44. The molecule has 0 radical (unpaired) electrons. The van der Waals surface area contributed by atoms with Gasteiger partial charge in [-0.1, -0.05) is 46.3 Å². The maximum Gasteiger partial charge on any atom is 0.273 e. The van der Waals surface area contributed by atoms with Crippen LogP contribution in [0.2, 0.25) is 0 Å². The summed E-state index contributed by atoms with van der Waals surface area (Å²) in [5.74, 6) is -0.644. The lowest BCUT2D eigenvalue weighted by Crippen LogP contribution is -2.52. The van der Waals surface area contributed by atoms with Crippen molar-refractivity contribution in [3.63, 3.8) is 0 Å². The third kappa shape index (κ3) is 6.66. The minimum Gasteiger partial charge on any atom is -0.350 e. The van der Waals surface area contributed by atoms with Crippen molar-refractivity contribution in [1.29, 1.82) is 0 Å². The van der Waals surface area contributed by atoms with Gasteiger partial charge in [0.15, 0.2) is 0 Å². The Hall–Kier alpha value is -2.74. The summed E-state index contributed by atoms with van der Waals surface area (Å²) in [4.78, 5) is 38.2. The molecule has 0 aliphatic rings. The molecule has 0 aliphatic heterocycles. The first kappa shape index (κ1) is 23.5. The second kappa shape index (κ2) is 9.84. The number of carbonyl (C=O) groups excluding carboxylic acids is 2. The van der Waals surface area contributed by atoms with Crippen molar-refractivity contribution < 1.29 is 14.5 Å². The molecule has 0 spiro atoms. The van der Waals surface area contributed by atoms with E-state index >= 15 is 0 Å². The Morgan fingerprint density at radius 1 is 1.17 bits per heavy atom. The quantitative estimate of drug-likeness (QED) is 0.478. The summed E-state index contributed by atoms with van der Waals surface area (Å²) in [7, 11) is 0. The van der Waals surface area contributed by atoms with Crippen LogP contribution in [0, 0.1) is 10.1 Å². The van der Waals surface area contributed by atoms with Crippen LogP contribution in [-0.2, 0) is 22.6 Å². The van der Waals surface area contributed by atoms with Crippen LogP contribution in [-0.4, -0.2) is 33.2 Å². The summed E-state index contributed by atoms with van der Waals surface area (Å²) in [5.41, 5.74) is 0.597. The molecule has 2 rings (SSSR count). The Kier molecular flexibility index (Phi) is 7.72. The van der Waals surface area contributed by atoms with E-state index in [2.05, 4.69) is 21.2 Å². The maximum atomic E-state index is 13.2. The fourth-order valence-corrected chi connectivity index (χ4v) is 3.44. The van der Waals surface area contributed by atoms with Crippen LogP contribution in [0.25, 0.3) is 0 Å². The molecule has 0 saturated heterocycles. The molecule has 0 fully saturated rings. The molecule has 30 heavy (non-hydrogen) atoms. The van der Waals surface area contributed by atoms with Gasteiger partial charge in [-0.2, -0.15) is 0 Å². The van der Waals surface area contributed by atoms with Crippen molar-refractivity contribution in [1.82, 2.24) is 10.2 Å². The highest BCUT2D eigenvalue weighted by Gasteiger charge is 2.29. The van der Waals surface area contributed by atoms with E-state index in [0.717, 1.165) is 10.0 Å². The monoisotopic (exact) mass is 475 g/mol. The zero-order chi connectivity index (χ0) is 22.5. The molecule has 160 valence electrons. The fourth-order valence-electron chi connectivity index (χ4n) is 2.99. The Balaban J connectivity index is 2.33. The molecule has 0 saturated carbocycles. The number of nitro groups is 1. The van der Waals surface area contributed by atoms with Crippen LogP contribution >= 0.6 is 15.9 Å². The lowest BCUT2D eigenvalue weighted by Gasteiger charge is -2.31. The predicted molar refractivity (Wildman–Crippen MR) is 119 cm³/mol. The minimum absolute atomic E-state index is 0.111. The van der Waals surface area contributed by atoms with Crippen LogP contribution in [0.5, 0.6) is 0 Å². The van der Waals surface area contributed by atoms with Crippen molar-refractivity contribution >= 4 is 33.4 Å². The van der Waals surface area contributed by atoms with E-state index in [1.54, 1.807) is 25.1 Å². The fraction of sp³-hybridized carbons (Fsp3) is 0.364. The molecule has 0 unspecified atom stereocenters. The first-order valence-electron chi connectivity index (χ1n) is 9.56. The van der Waals surface area contributed by atoms with Crippen molar-refractivity contribution in [2.75, 3.05) is 0 Å². The summed E-state index contributed by atoms with van der Waals surface area (Å²) >= 11 is 3.42. The van der Waals surface area contributed by atoms with Gasteiger partial charge in [0, 0.05) is 28.2 Å². The second-order valence-corrected chi connectivity index (χ2v) is 9.05. The number of nitrogens with one attached hydrogen (secondary N) is 1. The number of halogens is 1. The number of rotatable bonds is 7. The summed E-state index contributed by atoms with van der Waals surface area (Å²) in [6.07, 6.45) is -0.168. The van der Waals surface area contributed by atoms with Crippen molar-refractivity contribution in [2.45, 2.75) is 52.2 Å². The highest BCUT2D eigenvalue weighted by molar-refractivity contribution is 9.10. The van der Waals surface area contributed by atoms with Crippen molar-refractivity contribution in [2.24, 2.45) is 0 Å². The normalized spacial score (nSPS) is 12.2. The number of carbonyl (C=O) groups is 2. The smallest absolute Gasteiger partial charge is 0.273 e. The highest BCUT2D eigenvalue weighted by atomic mass is 79.9. The zero-order valence-electron chi connectivity index (χ0n) is 17.5. The van der Waals surface area contributed by atoms with Crippen LogP contribution in [0.3, 0.4) is 0 Å². The number of nitro benzene ring substituents is 1. The molecular weight excluding hydrogens is 450 g/mol. The SMILES string of the molecule is C[C@@H](C(=O)NC(C)(C)C)N(Cc1cccc(Br)c1)C(=O)Cc1ccccc1[N+](=O)[O-]. The van der Waals surface area contributed by atoms with Gasteiger partial charge in [0.25, 0.3) is 5.69 Å². The molecular formula is C22H26BrN3O4. The Labute approximate surface area is 184 Å². The second-order valence-electron chi connectivity index (χ2n) is 8.13. The van der Waals surface area contributed by atoms with E-state index < -0.39 is 16.5 Å². The van der Waals surface area contributed by atoms with E-state index in [-0.39, 0.29) is 30.5 Å². The van der Waals surface area contributed by atoms with E-state index in [1.807, 2.05) is 45.0 Å². The van der Waals surface area contributed by atoms with Crippen LogP contribution in [0.1, 0.15) is 38.8 Å². The first-order valence-corrected chi connectivity index (χ1v) is 10.4. The maximum absolute atomic E-state index is 13.2. The van der Waals surface area contributed by atoms with Crippen molar-refractivity contribution in [3.8, 4) is 0 Å². The third-order valence-corrected chi connectivity index (χ3v) is 4.93. The average Bonchev–Trinajstić information content (AvgIpc) is 2.64. The molecule has 2 aromatic rings. The van der Waals surface area contributed by atoms with Crippen LogP contribution in [0.15, 0.2) is 53.0 Å². The number of nitrogens with zero attached hydrogens (tertiary/aromatic N) is 2. The van der Waals surface area contributed by atoms with Gasteiger partial charge in [-0.15, -0.1) is 0 Å². The van der Waals surface area contributed by atoms with Gasteiger partial charge in [0.1, 0.15) is 6.04 Å². The molecule has 2 aromatic carbocycles. The molecule has 1 N–H and O–H groups in total. The Bertz CT molecular complexity index is 940. The van der Waals surface area contributed by atoms with Crippen LogP contribution in [0.4, 0.5) is 5.69 Å². The van der Waals surface area contributed by atoms with Crippen molar-refractivity contribution in [3.05, 3.63) is 74.2 Å². The molecule has 2 amide bonds. The Morgan fingerprint density at radius 3 is 2.43 bits per heavy atom. The Morgan fingerprint density at radius 2 is 1.83 bits per heavy atom. The van der Waals surface area contributed by atoms with E-state index in [4.69, 9.17) is 0 Å². The number of hydrogen-bond donors (Lipinski definition) is 1. The van der Waals surface area contributed by atoms with Gasteiger partial charge in [-0.25, -0.2) is 0 Å². The summed E-state index contributed by atoms with van der Waals surface area (Å²) in [6.45, 7) is 7.47. The molecule has 0 aliphatic carbocycles. The van der Waals surface area contributed by atoms with E-state index in [1.165, 1.54) is 11.0 Å². The average molecular weight is 476 g/mol. The van der Waals surface area contributed by atoms with Gasteiger partial charge < -0.3 is 10.2 Å². The summed E-state index contributed by atoms with van der Waals surface area (Å²) in [6, 6.07) is 12.9. The molecule has 0 bridgehead atoms. The molecule has 0 heterocycles. The molecule has 7 nitrogen and oxygen atoms in total. The molecule has 1 atom stereocenters. The lowest BCUT2D eigenvalue weighted by molar-refractivity contribution is -0.385. The number of benzene rings is 2. The van der Waals surface area contributed by atoms with Gasteiger partial charge in [-0.05, 0) is 45.4 Å². The summed E-state index contributed by atoms with van der Waals surface area (Å²) < 4.78 is 0.859. The predicted octanol–water partition coefficient (Wildman–Crippen LogP) is 4.23. The van der Waals surface area contributed by atoms with E-state index in [9.17, 15) is 19.7 Å². The highest BCUT2D eigenvalue weighted by Crippen LogP contribution is 2.21. The lowest BCUT2D eigenvalue weighted by atomic mass is 10.1. The molecule has 0 aromatic heterocycles. The number of amides is 2. The van der Waals surface area contributed by atoms with E-state index in [0.29, 0.717) is 5.56 Å². The number of hydrogen-bond acceptors (Lipinski definition) is 4.